The fourth-order valence-corrected chi connectivity index (χ4v) is 3.75. The number of benzene rings is 3. The van der Waals surface area contributed by atoms with Crippen LogP contribution in [-0.2, 0) is 11.4 Å². The first-order valence-electron chi connectivity index (χ1n) is 10.0. The molecule has 0 fully saturated rings. The Balaban J connectivity index is 1.68. The highest BCUT2D eigenvalue weighted by molar-refractivity contribution is 14.1. The molecule has 1 N–H and O–H groups in total. The summed E-state index contributed by atoms with van der Waals surface area (Å²) in [4.78, 5) is 23.0. The number of nitrogens with zero attached hydrogens (tertiary/aromatic N) is 2. The monoisotopic (exact) mass is 553 g/mol. The van der Waals surface area contributed by atoms with E-state index in [1.807, 2.05) is 43.3 Å². The number of nitrogens with one attached hydrogen (secondary N) is 1. The predicted octanol–water partition coefficient (Wildman–Crippen LogP) is 5.56. The molecule has 0 bridgehead atoms. The minimum Gasteiger partial charge on any atom is -0.488 e. The van der Waals surface area contributed by atoms with Crippen molar-refractivity contribution < 1.29 is 14.5 Å². The number of hydrogen-bond donors (Lipinski definition) is 1. The summed E-state index contributed by atoms with van der Waals surface area (Å²) in [7, 11) is 0. The summed E-state index contributed by atoms with van der Waals surface area (Å²) in [5, 5.41) is 23.2. The third-order valence-corrected chi connectivity index (χ3v) is 5.64. The Morgan fingerprint density at radius 3 is 2.61 bits per heavy atom. The van der Waals surface area contributed by atoms with E-state index < -0.39 is 10.8 Å². The maximum Gasteiger partial charge on any atom is 0.269 e. The molecule has 166 valence electrons. The van der Waals surface area contributed by atoms with Crippen LogP contribution in [0.3, 0.4) is 0 Å². The largest absolute Gasteiger partial charge is 0.488 e. The zero-order chi connectivity index (χ0) is 23.8. The summed E-state index contributed by atoms with van der Waals surface area (Å²) in [6.45, 7) is 2.04. The Morgan fingerprint density at radius 1 is 1.18 bits per heavy atom. The van der Waals surface area contributed by atoms with E-state index in [1.165, 1.54) is 18.2 Å². The van der Waals surface area contributed by atoms with Gasteiger partial charge in [-0.25, -0.2) is 0 Å². The van der Waals surface area contributed by atoms with Gasteiger partial charge in [-0.15, -0.1) is 0 Å². The number of rotatable bonds is 8. The fourth-order valence-electron chi connectivity index (χ4n) is 3.06. The van der Waals surface area contributed by atoms with Gasteiger partial charge in [0.15, 0.2) is 0 Å². The van der Waals surface area contributed by atoms with E-state index in [2.05, 4.69) is 27.9 Å². The number of carbonyl (C=O) groups is 1. The number of non-ortho nitro benzene ring substituents is 1. The number of nitriles is 1. The van der Waals surface area contributed by atoms with E-state index in [-0.39, 0.29) is 23.9 Å². The molecule has 0 unspecified atom stereocenters. The molecule has 1 atom stereocenters. The Labute approximate surface area is 205 Å². The van der Waals surface area contributed by atoms with Crippen LogP contribution in [0.25, 0.3) is 6.08 Å². The Bertz CT molecular complexity index is 1240. The van der Waals surface area contributed by atoms with Gasteiger partial charge in [-0.05, 0) is 64.4 Å². The van der Waals surface area contributed by atoms with Crippen molar-refractivity contribution in [1.29, 1.82) is 5.26 Å². The number of nitro groups is 1. The lowest BCUT2D eigenvalue weighted by Gasteiger charge is -2.14. The van der Waals surface area contributed by atoms with E-state index in [4.69, 9.17) is 4.74 Å². The topological polar surface area (TPSA) is 105 Å². The maximum absolute atomic E-state index is 12.6. The summed E-state index contributed by atoms with van der Waals surface area (Å²) >= 11 is 2.10. The van der Waals surface area contributed by atoms with Gasteiger partial charge < -0.3 is 10.1 Å². The minimum absolute atomic E-state index is 0.00107. The summed E-state index contributed by atoms with van der Waals surface area (Å²) in [6.07, 6.45) is 1.53. The highest BCUT2D eigenvalue weighted by Gasteiger charge is 2.14. The van der Waals surface area contributed by atoms with Crippen molar-refractivity contribution >= 4 is 40.3 Å². The number of ether oxygens (including phenoxy) is 1. The van der Waals surface area contributed by atoms with Crippen LogP contribution in [0, 0.1) is 25.0 Å². The van der Waals surface area contributed by atoms with Gasteiger partial charge in [-0.2, -0.15) is 5.26 Å². The number of amides is 1. The van der Waals surface area contributed by atoms with Crippen LogP contribution in [0.1, 0.15) is 29.7 Å². The molecule has 0 aromatic heterocycles. The summed E-state index contributed by atoms with van der Waals surface area (Å²) in [5.41, 5.74) is 2.32. The molecule has 0 radical (unpaired) electrons. The van der Waals surface area contributed by atoms with Gasteiger partial charge in [-0.3, -0.25) is 14.9 Å². The normalized spacial score (nSPS) is 11.8. The second kappa shape index (κ2) is 11.2. The summed E-state index contributed by atoms with van der Waals surface area (Å²) in [5.74, 6) is 0.148. The first kappa shape index (κ1) is 23.9. The van der Waals surface area contributed by atoms with Crippen LogP contribution in [0.5, 0.6) is 5.75 Å². The number of carbonyl (C=O) groups excluding carboxylic acids is 1. The molecule has 0 aliphatic rings. The highest BCUT2D eigenvalue weighted by Crippen LogP contribution is 2.25. The van der Waals surface area contributed by atoms with Crippen LogP contribution >= 0.6 is 22.6 Å². The van der Waals surface area contributed by atoms with E-state index in [9.17, 15) is 20.2 Å². The van der Waals surface area contributed by atoms with Crippen molar-refractivity contribution in [3.8, 4) is 11.8 Å². The van der Waals surface area contributed by atoms with Crippen molar-refractivity contribution in [3.63, 3.8) is 0 Å². The zero-order valence-corrected chi connectivity index (χ0v) is 19.9. The van der Waals surface area contributed by atoms with Crippen molar-refractivity contribution in [2.45, 2.75) is 19.6 Å². The molecule has 8 heteroatoms. The SMILES string of the molecule is C[C@H](NC(=O)/C(C#N)=C\c1ccc(OCc2cccc([N+](=O)[O-])c2)c(I)c1)c1ccccc1. The lowest BCUT2D eigenvalue weighted by molar-refractivity contribution is -0.384. The van der Waals surface area contributed by atoms with Crippen LogP contribution in [0.15, 0.2) is 78.4 Å². The average Bonchev–Trinajstić information content (AvgIpc) is 2.82. The van der Waals surface area contributed by atoms with Crippen molar-refractivity contribution in [2.24, 2.45) is 0 Å². The molecule has 0 saturated heterocycles. The van der Waals surface area contributed by atoms with E-state index in [1.54, 1.807) is 30.3 Å². The molecule has 0 spiro atoms. The summed E-state index contributed by atoms with van der Waals surface area (Å²) < 4.78 is 6.58. The molecular weight excluding hydrogens is 533 g/mol. The number of hydrogen-bond acceptors (Lipinski definition) is 5. The standard InChI is InChI=1S/C25H20IN3O4/c1-17(20-7-3-2-4-8-20)28-25(30)21(15-27)12-18-10-11-24(23(26)14-18)33-16-19-6-5-9-22(13-19)29(31)32/h2-14,17H,16H2,1H3,(H,28,30)/b21-12-/t17-/m0/s1. The molecule has 0 aliphatic heterocycles. The third kappa shape index (κ3) is 6.63. The summed E-state index contributed by atoms with van der Waals surface area (Å²) in [6, 6.07) is 22.8. The van der Waals surface area contributed by atoms with Gasteiger partial charge in [0.2, 0.25) is 0 Å². The second-order valence-electron chi connectivity index (χ2n) is 7.18. The zero-order valence-electron chi connectivity index (χ0n) is 17.7. The number of nitro benzene ring substituents is 1. The van der Waals surface area contributed by atoms with Crippen LogP contribution in [0.4, 0.5) is 5.69 Å². The van der Waals surface area contributed by atoms with Gasteiger partial charge in [0, 0.05) is 12.1 Å². The first-order valence-corrected chi connectivity index (χ1v) is 11.1. The van der Waals surface area contributed by atoms with Crippen LogP contribution in [-0.4, -0.2) is 10.8 Å². The molecule has 1 amide bonds. The molecule has 0 heterocycles. The smallest absolute Gasteiger partial charge is 0.269 e. The van der Waals surface area contributed by atoms with E-state index >= 15 is 0 Å². The molecule has 3 aromatic carbocycles. The van der Waals surface area contributed by atoms with Gasteiger partial charge in [0.05, 0.1) is 14.5 Å². The lowest BCUT2D eigenvalue weighted by atomic mass is 10.1. The maximum atomic E-state index is 12.6. The first-order chi connectivity index (χ1) is 15.9. The van der Waals surface area contributed by atoms with E-state index in [0.717, 1.165) is 9.13 Å². The average molecular weight is 553 g/mol. The Morgan fingerprint density at radius 2 is 1.94 bits per heavy atom. The predicted molar refractivity (Wildman–Crippen MR) is 133 cm³/mol. The van der Waals surface area contributed by atoms with Crippen LogP contribution in [0.2, 0.25) is 0 Å². The van der Waals surface area contributed by atoms with Crippen molar-refractivity contribution in [3.05, 3.63) is 109 Å². The van der Waals surface area contributed by atoms with Crippen molar-refractivity contribution in [1.82, 2.24) is 5.32 Å². The van der Waals surface area contributed by atoms with Crippen LogP contribution < -0.4 is 10.1 Å². The quantitative estimate of drug-likeness (QED) is 0.129. The van der Waals surface area contributed by atoms with Gasteiger partial charge in [-0.1, -0.05) is 48.5 Å². The molecule has 33 heavy (non-hydrogen) atoms. The highest BCUT2D eigenvalue weighted by atomic mass is 127. The number of halogens is 1. The van der Waals surface area contributed by atoms with E-state index in [0.29, 0.717) is 16.9 Å². The fraction of sp³-hybridized carbons (Fsp3) is 0.120. The third-order valence-electron chi connectivity index (χ3n) is 4.79. The molecule has 3 aromatic rings. The molecule has 0 aliphatic carbocycles. The molecular formula is C25H20IN3O4. The minimum atomic E-state index is -0.449. The molecule has 0 saturated carbocycles. The second-order valence-corrected chi connectivity index (χ2v) is 8.34. The molecule has 3 rings (SSSR count). The lowest BCUT2D eigenvalue weighted by Crippen LogP contribution is -2.27. The Hall–Kier alpha value is -3.71. The van der Waals surface area contributed by atoms with Gasteiger partial charge in [0.1, 0.15) is 24.0 Å². The molecule has 7 nitrogen and oxygen atoms in total. The van der Waals surface area contributed by atoms with Gasteiger partial charge >= 0.3 is 0 Å². The Kier molecular flexibility index (Phi) is 8.16. The van der Waals surface area contributed by atoms with Crippen molar-refractivity contribution in [2.75, 3.05) is 0 Å². The van der Waals surface area contributed by atoms with Gasteiger partial charge in [0.25, 0.3) is 11.6 Å².